The van der Waals surface area contributed by atoms with Crippen molar-refractivity contribution in [2.75, 3.05) is 18.0 Å². The molecule has 3 aromatic carbocycles. The maximum absolute atomic E-state index is 11.1. The van der Waals surface area contributed by atoms with Crippen molar-refractivity contribution in [3.05, 3.63) is 95.6 Å². The second-order valence-electron chi connectivity index (χ2n) is 6.14. The molecule has 0 unspecified atom stereocenters. The molecule has 0 spiro atoms. The summed E-state index contributed by atoms with van der Waals surface area (Å²) in [6.45, 7) is 5.96. The van der Waals surface area contributed by atoms with E-state index in [4.69, 9.17) is 0 Å². The maximum atomic E-state index is 11.1. The van der Waals surface area contributed by atoms with Gasteiger partial charge in [0.15, 0.2) is 0 Å². The van der Waals surface area contributed by atoms with Crippen molar-refractivity contribution in [3.63, 3.8) is 0 Å². The second-order valence-corrected chi connectivity index (χ2v) is 6.14. The van der Waals surface area contributed by atoms with Crippen LogP contribution in [0.3, 0.4) is 0 Å². The highest BCUT2D eigenvalue weighted by Crippen LogP contribution is 2.41. The summed E-state index contributed by atoms with van der Waals surface area (Å²) in [5.74, 6) is 0.391. The van der Waals surface area contributed by atoms with Gasteiger partial charge in [0, 0.05) is 24.6 Å². The third kappa shape index (κ3) is 3.53. The summed E-state index contributed by atoms with van der Waals surface area (Å²) in [7, 11) is 0. The number of anilines is 1. The third-order valence-corrected chi connectivity index (χ3v) is 4.73. The van der Waals surface area contributed by atoms with Gasteiger partial charge in [0.2, 0.25) is 0 Å². The van der Waals surface area contributed by atoms with Crippen molar-refractivity contribution in [2.45, 2.75) is 19.8 Å². The molecule has 0 radical (unpaired) electrons. The number of para-hydroxylation sites is 1. The Morgan fingerprint density at radius 2 is 1.24 bits per heavy atom. The Morgan fingerprint density at radius 3 is 1.72 bits per heavy atom. The summed E-state index contributed by atoms with van der Waals surface area (Å²) in [5.41, 5.74) is 4.21. The van der Waals surface area contributed by atoms with Crippen molar-refractivity contribution < 1.29 is 5.11 Å². The molecule has 25 heavy (non-hydrogen) atoms. The van der Waals surface area contributed by atoms with Crippen molar-refractivity contribution in [2.24, 2.45) is 0 Å². The van der Waals surface area contributed by atoms with Crippen LogP contribution in [0.4, 0.5) is 5.69 Å². The van der Waals surface area contributed by atoms with E-state index in [-0.39, 0.29) is 5.92 Å². The first-order chi connectivity index (χ1) is 12.3. The highest BCUT2D eigenvalue weighted by Gasteiger charge is 2.22. The minimum atomic E-state index is 0.0120. The predicted molar refractivity (Wildman–Crippen MR) is 105 cm³/mol. The third-order valence-electron chi connectivity index (χ3n) is 4.73. The number of nitrogens with zero attached hydrogens (tertiary/aromatic N) is 1. The first-order valence-corrected chi connectivity index (χ1v) is 8.93. The van der Waals surface area contributed by atoms with E-state index in [1.807, 2.05) is 30.3 Å². The molecule has 0 fully saturated rings. The van der Waals surface area contributed by atoms with Gasteiger partial charge in [-0.2, -0.15) is 0 Å². The first-order valence-electron chi connectivity index (χ1n) is 8.93. The lowest BCUT2D eigenvalue weighted by molar-refractivity contribution is 0.466. The summed E-state index contributed by atoms with van der Waals surface area (Å²) in [6.07, 6.45) is 0. The van der Waals surface area contributed by atoms with Gasteiger partial charge in [-0.1, -0.05) is 72.8 Å². The predicted octanol–water partition coefficient (Wildman–Crippen LogP) is 5.42. The molecule has 0 atom stereocenters. The van der Waals surface area contributed by atoms with Gasteiger partial charge in [-0.3, -0.25) is 0 Å². The van der Waals surface area contributed by atoms with E-state index < -0.39 is 0 Å². The summed E-state index contributed by atoms with van der Waals surface area (Å²) in [5, 5.41) is 11.1. The van der Waals surface area contributed by atoms with E-state index in [1.54, 1.807) is 0 Å². The van der Waals surface area contributed by atoms with Crippen LogP contribution in [0, 0.1) is 0 Å². The molecule has 0 saturated heterocycles. The number of rotatable bonds is 6. The van der Waals surface area contributed by atoms with E-state index in [0.29, 0.717) is 5.75 Å². The molecule has 0 aliphatic rings. The Morgan fingerprint density at radius 1 is 0.720 bits per heavy atom. The van der Waals surface area contributed by atoms with E-state index in [9.17, 15) is 5.11 Å². The molecule has 0 aromatic heterocycles. The fraction of sp³-hybridized carbons (Fsp3) is 0.217. The molecule has 0 saturated carbocycles. The number of phenolic OH excluding ortho intramolecular Hbond substituents is 1. The lowest BCUT2D eigenvalue weighted by Gasteiger charge is -2.26. The molecule has 0 heterocycles. The van der Waals surface area contributed by atoms with Crippen LogP contribution in [0.15, 0.2) is 78.9 Å². The molecular formula is C23H25NO. The fourth-order valence-electron chi connectivity index (χ4n) is 3.44. The lowest BCUT2D eigenvalue weighted by Crippen LogP contribution is -2.22. The quantitative estimate of drug-likeness (QED) is 0.610. The standard InChI is InChI=1S/C23H25NO/c1-3-24(4-2)21-17-11-16-20(23(21)25)22(18-12-7-5-8-13-18)19-14-9-6-10-15-19/h5-17,22,25H,3-4H2,1-2H3. The number of hydrogen-bond acceptors (Lipinski definition) is 2. The second kappa shape index (κ2) is 7.89. The smallest absolute Gasteiger partial charge is 0.143 e. The topological polar surface area (TPSA) is 23.5 Å². The average molecular weight is 331 g/mol. The zero-order valence-corrected chi connectivity index (χ0v) is 14.9. The van der Waals surface area contributed by atoms with Crippen LogP contribution in [0.2, 0.25) is 0 Å². The number of phenols is 1. The SMILES string of the molecule is CCN(CC)c1cccc(C(c2ccccc2)c2ccccc2)c1O. The molecule has 2 heteroatoms. The molecule has 3 rings (SSSR count). The van der Waals surface area contributed by atoms with Gasteiger partial charge in [-0.15, -0.1) is 0 Å². The van der Waals surface area contributed by atoms with Crippen LogP contribution in [0.5, 0.6) is 5.75 Å². The minimum absolute atomic E-state index is 0.0120. The van der Waals surface area contributed by atoms with E-state index in [2.05, 4.69) is 67.3 Å². The Balaban J connectivity index is 2.16. The molecule has 3 aromatic rings. The van der Waals surface area contributed by atoms with E-state index >= 15 is 0 Å². The highest BCUT2D eigenvalue weighted by atomic mass is 16.3. The summed E-state index contributed by atoms with van der Waals surface area (Å²) in [4.78, 5) is 2.19. The normalized spacial score (nSPS) is 10.8. The Hall–Kier alpha value is -2.74. The number of benzene rings is 3. The van der Waals surface area contributed by atoms with Gasteiger partial charge in [0.1, 0.15) is 5.75 Å². The minimum Gasteiger partial charge on any atom is -0.505 e. The van der Waals surface area contributed by atoms with Crippen LogP contribution in [-0.4, -0.2) is 18.2 Å². The molecule has 128 valence electrons. The summed E-state index contributed by atoms with van der Waals surface area (Å²) >= 11 is 0. The highest BCUT2D eigenvalue weighted by molar-refractivity contribution is 5.64. The molecule has 2 nitrogen and oxygen atoms in total. The summed E-state index contributed by atoms with van der Waals surface area (Å²) < 4.78 is 0. The van der Waals surface area contributed by atoms with Gasteiger partial charge in [-0.25, -0.2) is 0 Å². The van der Waals surface area contributed by atoms with Crippen molar-refractivity contribution >= 4 is 5.69 Å². The van der Waals surface area contributed by atoms with Gasteiger partial charge < -0.3 is 10.0 Å². The molecule has 0 aliphatic heterocycles. The molecule has 0 bridgehead atoms. The van der Waals surface area contributed by atoms with Crippen LogP contribution >= 0.6 is 0 Å². The zero-order valence-electron chi connectivity index (χ0n) is 14.9. The van der Waals surface area contributed by atoms with Crippen molar-refractivity contribution in [3.8, 4) is 5.75 Å². The van der Waals surface area contributed by atoms with Crippen LogP contribution in [0.1, 0.15) is 36.5 Å². The van der Waals surface area contributed by atoms with Gasteiger partial charge in [-0.05, 0) is 31.0 Å². The number of hydrogen-bond donors (Lipinski definition) is 1. The van der Waals surface area contributed by atoms with Gasteiger partial charge in [0.05, 0.1) is 5.69 Å². The monoisotopic (exact) mass is 331 g/mol. The molecule has 0 amide bonds. The molecule has 1 N–H and O–H groups in total. The zero-order chi connectivity index (χ0) is 17.6. The van der Waals surface area contributed by atoms with Crippen molar-refractivity contribution in [1.29, 1.82) is 0 Å². The largest absolute Gasteiger partial charge is 0.505 e. The van der Waals surface area contributed by atoms with E-state index in [0.717, 1.165) is 24.3 Å². The van der Waals surface area contributed by atoms with Crippen LogP contribution in [0.25, 0.3) is 0 Å². The molecular weight excluding hydrogens is 306 g/mol. The summed E-state index contributed by atoms with van der Waals surface area (Å²) in [6, 6.07) is 26.8. The Kier molecular flexibility index (Phi) is 5.39. The molecule has 0 aliphatic carbocycles. The lowest BCUT2D eigenvalue weighted by atomic mass is 9.84. The van der Waals surface area contributed by atoms with Crippen LogP contribution in [-0.2, 0) is 0 Å². The van der Waals surface area contributed by atoms with Gasteiger partial charge >= 0.3 is 0 Å². The first kappa shape index (κ1) is 17.1. The average Bonchev–Trinajstić information content (AvgIpc) is 2.67. The van der Waals surface area contributed by atoms with Crippen molar-refractivity contribution in [1.82, 2.24) is 0 Å². The van der Waals surface area contributed by atoms with Crippen LogP contribution < -0.4 is 4.90 Å². The Bertz CT molecular complexity index is 755. The number of aromatic hydroxyl groups is 1. The Labute approximate surface area is 150 Å². The fourth-order valence-corrected chi connectivity index (χ4v) is 3.44. The van der Waals surface area contributed by atoms with Gasteiger partial charge in [0.25, 0.3) is 0 Å². The van der Waals surface area contributed by atoms with E-state index in [1.165, 1.54) is 11.1 Å². The maximum Gasteiger partial charge on any atom is 0.143 e.